The highest BCUT2D eigenvalue weighted by atomic mass is 35.5. The molecule has 1 aliphatic rings. The van der Waals surface area contributed by atoms with Crippen LogP contribution in [0.3, 0.4) is 0 Å². The van der Waals surface area contributed by atoms with E-state index in [9.17, 15) is 0 Å². The fraction of sp³-hybridized carbons (Fsp3) is 0.625. The maximum Gasteiger partial charge on any atom is 0.142 e. The molecule has 2 rings (SSSR count). The van der Waals surface area contributed by atoms with Crippen molar-refractivity contribution in [2.45, 2.75) is 46.1 Å². The van der Waals surface area contributed by atoms with Gasteiger partial charge in [0.1, 0.15) is 11.9 Å². The molecule has 0 saturated heterocycles. The predicted octanol–water partition coefficient (Wildman–Crippen LogP) is 4.76. The van der Waals surface area contributed by atoms with Gasteiger partial charge < -0.3 is 10.5 Å². The molecule has 3 heteroatoms. The maximum atomic E-state index is 6.20. The third-order valence-electron chi connectivity index (χ3n) is 4.21. The largest absolute Gasteiger partial charge is 0.488 e. The van der Waals surface area contributed by atoms with Crippen molar-refractivity contribution in [2.75, 3.05) is 5.73 Å². The van der Waals surface area contributed by atoms with Crippen LogP contribution in [0.1, 0.15) is 40.0 Å². The van der Waals surface area contributed by atoms with E-state index < -0.39 is 0 Å². The number of hydrogen-bond donors (Lipinski definition) is 1. The van der Waals surface area contributed by atoms with Crippen molar-refractivity contribution in [2.24, 2.45) is 17.8 Å². The number of benzene rings is 1. The normalized spacial score (nSPS) is 27.5. The molecule has 1 aliphatic carbocycles. The minimum atomic E-state index is 0.271. The van der Waals surface area contributed by atoms with Crippen molar-refractivity contribution >= 4 is 17.3 Å². The monoisotopic (exact) mass is 281 g/mol. The van der Waals surface area contributed by atoms with E-state index in [1.807, 2.05) is 12.1 Å². The second kappa shape index (κ2) is 6.04. The van der Waals surface area contributed by atoms with Crippen molar-refractivity contribution < 1.29 is 4.74 Å². The summed E-state index contributed by atoms with van der Waals surface area (Å²) in [5.41, 5.74) is 6.62. The lowest BCUT2D eigenvalue weighted by atomic mass is 9.75. The Morgan fingerprint density at radius 2 is 2.05 bits per heavy atom. The summed E-state index contributed by atoms with van der Waals surface area (Å²) in [6.07, 6.45) is 3.94. The molecule has 1 aromatic rings. The van der Waals surface area contributed by atoms with Crippen LogP contribution in [0.15, 0.2) is 18.2 Å². The van der Waals surface area contributed by atoms with Crippen molar-refractivity contribution in [3.8, 4) is 5.75 Å². The highest BCUT2D eigenvalue weighted by Crippen LogP contribution is 2.37. The Kier molecular flexibility index (Phi) is 4.62. The number of anilines is 1. The molecule has 2 N–H and O–H groups in total. The Balaban J connectivity index is 2.14. The molecule has 0 amide bonds. The molecular formula is C16H24ClNO. The van der Waals surface area contributed by atoms with E-state index in [1.54, 1.807) is 6.07 Å². The van der Waals surface area contributed by atoms with Crippen molar-refractivity contribution in [3.63, 3.8) is 0 Å². The van der Waals surface area contributed by atoms with E-state index in [-0.39, 0.29) is 6.10 Å². The molecular weight excluding hydrogens is 258 g/mol. The van der Waals surface area contributed by atoms with Crippen LogP contribution in [-0.2, 0) is 0 Å². The number of rotatable bonds is 3. The van der Waals surface area contributed by atoms with Gasteiger partial charge in [0.15, 0.2) is 0 Å². The third-order valence-corrected chi connectivity index (χ3v) is 4.45. The molecule has 106 valence electrons. The Morgan fingerprint density at radius 1 is 1.32 bits per heavy atom. The molecule has 0 spiro atoms. The van der Waals surface area contributed by atoms with Crippen LogP contribution in [-0.4, -0.2) is 6.10 Å². The Bertz CT molecular complexity index is 433. The summed E-state index contributed by atoms with van der Waals surface area (Å²) in [5.74, 6) is 2.76. The lowest BCUT2D eigenvalue weighted by Gasteiger charge is -2.37. The highest BCUT2D eigenvalue weighted by Gasteiger charge is 2.32. The van der Waals surface area contributed by atoms with E-state index in [0.717, 1.165) is 18.1 Å². The summed E-state index contributed by atoms with van der Waals surface area (Å²) in [4.78, 5) is 0. The summed E-state index contributed by atoms with van der Waals surface area (Å²) < 4.78 is 6.20. The van der Waals surface area contributed by atoms with Crippen LogP contribution >= 0.6 is 11.6 Å². The lowest BCUT2D eigenvalue weighted by molar-refractivity contribution is 0.0466. The van der Waals surface area contributed by atoms with Crippen LogP contribution in [0.4, 0.5) is 5.69 Å². The number of nitrogens with two attached hydrogens (primary N) is 1. The first-order chi connectivity index (χ1) is 8.97. The van der Waals surface area contributed by atoms with Gasteiger partial charge in [0.05, 0.1) is 5.69 Å². The summed E-state index contributed by atoms with van der Waals surface area (Å²) in [5, 5.41) is 0.655. The molecule has 0 bridgehead atoms. The average Bonchev–Trinajstić information content (AvgIpc) is 2.32. The summed E-state index contributed by atoms with van der Waals surface area (Å²) in [6, 6.07) is 5.48. The predicted molar refractivity (Wildman–Crippen MR) is 81.6 cm³/mol. The molecule has 1 aromatic carbocycles. The molecule has 3 unspecified atom stereocenters. The van der Waals surface area contributed by atoms with Crippen molar-refractivity contribution in [3.05, 3.63) is 23.2 Å². The average molecular weight is 282 g/mol. The Morgan fingerprint density at radius 3 is 2.68 bits per heavy atom. The zero-order valence-electron chi connectivity index (χ0n) is 12.0. The maximum absolute atomic E-state index is 6.20. The molecule has 0 heterocycles. The third kappa shape index (κ3) is 3.56. The highest BCUT2D eigenvalue weighted by molar-refractivity contribution is 6.30. The van der Waals surface area contributed by atoms with E-state index in [0.29, 0.717) is 22.5 Å². The first-order valence-corrected chi connectivity index (χ1v) is 7.57. The van der Waals surface area contributed by atoms with Crippen LogP contribution in [0.2, 0.25) is 5.02 Å². The zero-order chi connectivity index (χ0) is 14.0. The SMILES string of the molecule is CC1CCC(C(C)C)C(Oc2ccc(Cl)cc2N)C1. The van der Waals surface area contributed by atoms with Gasteiger partial charge in [-0.1, -0.05) is 38.8 Å². The molecule has 1 fully saturated rings. The Hall–Kier alpha value is -0.890. The van der Waals surface area contributed by atoms with E-state index in [2.05, 4.69) is 20.8 Å². The summed E-state index contributed by atoms with van der Waals surface area (Å²) in [6.45, 7) is 6.86. The molecule has 19 heavy (non-hydrogen) atoms. The fourth-order valence-corrected chi connectivity index (χ4v) is 3.22. The topological polar surface area (TPSA) is 35.2 Å². The number of ether oxygens (including phenoxy) is 1. The fourth-order valence-electron chi connectivity index (χ4n) is 3.04. The van der Waals surface area contributed by atoms with Gasteiger partial charge in [-0.25, -0.2) is 0 Å². The van der Waals surface area contributed by atoms with E-state index in [1.165, 1.54) is 12.8 Å². The number of nitrogen functional groups attached to an aromatic ring is 1. The number of halogens is 1. The minimum absolute atomic E-state index is 0.271. The molecule has 3 atom stereocenters. The first-order valence-electron chi connectivity index (χ1n) is 7.19. The van der Waals surface area contributed by atoms with Crippen molar-refractivity contribution in [1.29, 1.82) is 0 Å². The molecule has 0 aliphatic heterocycles. The second-order valence-electron chi connectivity index (χ2n) is 6.16. The minimum Gasteiger partial charge on any atom is -0.488 e. The number of hydrogen-bond acceptors (Lipinski definition) is 2. The van der Waals surface area contributed by atoms with Gasteiger partial charge in [-0.3, -0.25) is 0 Å². The van der Waals surface area contributed by atoms with Crippen LogP contribution < -0.4 is 10.5 Å². The smallest absolute Gasteiger partial charge is 0.142 e. The van der Waals surface area contributed by atoms with Gasteiger partial charge in [0.2, 0.25) is 0 Å². The molecule has 1 saturated carbocycles. The standard InChI is InChI=1S/C16H24ClNO/c1-10(2)13-6-4-11(3)8-16(13)19-15-7-5-12(17)9-14(15)18/h5,7,9-11,13,16H,4,6,8,18H2,1-3H3. The van der Waals surface area contributed by atoms with E-state index in [4.69, 9.17) is 22.1 Å². The van der Waals surface area contributed by atoms with Gasteiger partial charge >= 0.3 is 0 Å². The van der Waals surface area contributed by atoms with E-state index >= 15 is 0 Å². The molecule has 0 radical (unpaired) electrons. The Labute approximate surface area is 121 Å². The van der Waals surface area contributed by atoms with Gasteiger partial charge in [-0.2, -0.15) is 0 Å². The van der Waals surface area contributed by atoms with Crippen molar-refractivity contribution in [1.82, 2.24) is 0 Å². The summed E-state index contributed by atoms with van der Waals surface area (Å²) in [7, 11) is 0. The van der Waals surface area contributed by atoms with Gasteiger partial charge in [-0.15, -0.1) is 0 Å². The first kappa shape index (κ1) is 14.5. The second-order valence-corrected chi connectivity index (χ2v) is 6.60. The summed E-state index contributed by atoms with van der Waals surface area (Å²) >= 11 is 5.93. The lowest BCUT2D eigenvalue weighted by Crippen LogP contribution is -2.36. The van der Waals surface area contributed by atoms with Gasteiger partial charge in [-0.05, 0) is 48.8 Å². The zero-order valence-corrected chi connectivity index (χ0v) is 12.8. The quantitative estimate of drug-likeness (QED) is 0.811. The van der Waals surface area contributed by atoms with Crippen LogP contribution in [0.25, 0.3) is 0 Å². The van der Waals surface area contributed by atoms with Crippen LogP contribution in [0, 0.1) is 17.8 Å². The molecule has 2 nitrogen and oxygen atoms in total. The molecule has 0 aromatic heterocycles. The van der Waals surface area contributed by atoms with Gasteiger partial charge in [0, 0.05) is 5.02 Å². The van der Waals surface area contributed by atoms with Gasteiger partial charge in [0.25, 0.3) is 0 Å². The van der Waals surface area contributed by atoms with Crippen LogP contribution in [0.5, 0.6) is 5.75 Å².